The van der Waals surface area contributed by atoms with Crippen LogP contribution >= 0.6 is 0 Å². The summed E-state index contributed by atoms with van der Waals surface area (Å²) < 4.78 is 16.8. The van der Waals surface area contributed by atoms with Crippen LogP contribution in [0.3, 0.4) is 0 Å². The molecule has 6 nitrogen and oxygen atoms in total. The maximum Gasteiger partial charge on any atom is 0.306 e. The summed E-state index contributed by atoms with van der Waals surface area (Å²) >= 11 is 0. The quantitative estimate of drug-likeness (QED) is 0.0261. The molecule has 0 aromatic carbocycles. The fourth-order valence-corrected chi connectivity index (χ4v) is 7.58. The van der Waals surface area contributed by atoms with Gasteiger partial charge < -0.3 is 14.2 Å². The van der Waals surface area contributed by atoms with Crippen LogP contribution < -0.4 is 0 Å². The SMILES string of the molecule is CC/C=C\C/C=C\C/C=C\C/C=C\C/C=C\C/C=C\C/C=C\CCCCCCCC(=O)OCC(COC(=O)CC/C=C\C/C=C\C/C=C\C/C=C\CC)OC(=O)CCCCCCCCC/C=C\C/C=C\CCCCC. The molecule has 0 aromatic heterocycles. The number of unbranched alkanes of at least 4 members (excludes halogenated alkanes) is 15. The summed E-state index contributed by atoms with van der Waals surface area (Å²) in [6.45, 7) is 6.28. The molecule has 0 bridgehead atoms. The minimum atomic E-state index is -0.828. The first-order chi connectivity index (χ1) is 37.0. The van der Waals surface area contributed by atoms with Gasteiger partial charge in [0.1, 0.15) is 13.2 Å². The molecule has 0 saturated carbocycles. The number of esters is 3. The Labute approximate surface area is 460 Å². The Morgan fingerprint density at radius 1 is 0.280 bits per heavy atom. The van der Waals surface area contributed by atoms with E-state index in [2.05, 4.69) is 167 Å². The molecule has 6 heteroatoms. The number of carbonyl (C=O) groups excluding carboxylic acids is 3. The Hall–Kier alpha value is -4.97. The summed E-state index contributed by atoms with van der Waals surface area (Å²) in [5.41, 5.74) is 0. The van der Waals surface area contributed by atoms with Gasteiger partial charge in [-0.15, -0.1) is 0 Å². The molecule has 0 spiro atoms. The van der Waals surface area contributed by atoms with Crippen molar-refractivity contribution in [2.45, 2.75) is 245 Å². The minimum absolute atomic E-state index is 0.120. The maximum absolute atomic E-state index is 12.9. The second-order valence-electron chi connectivity index (χ2n) is 19.1. The number of hydrogen-bond donors (Lipinski definition) is 0. The van der Waals surface area contributed by atoms with Gasteiger partial charge in [-0.1, -0.05) is 243 Å². The molecule has 0 amide bonds. The van der Waals surface area contributed by atoms with Crippen LogP contribution in [0.25, 0.3) is 0 Å². The normalized spacial score (nSPS) is 13.3. The molecule has 1 unspecified atom stereocenters. The van der Waals surface area contributed by atoms with Gasteiger partial charge in [-0.3, -0.25) is 14.4 Å². The first kappa shape index (κ1) is 70.0. The van der Waals surface area contributed by atoms with Gasteiger partial charge in [0.2, 0.25) is 0 Å². The first-order valence-corrected chi connectivity index (χ1v) is 30.0. The van der Waals surface area contributed by atoms with Crippen molar-refractivity contribution in [2.24, 2.45) is 0 Å². The zero-order chi connectivity index (χ0) is 54.3. The monoisotopic (exact) mass is 1030 g/mol. The Morgan fingerprint density at radius 2 is 0.547 bits per heavy atom. The Morgan fingerprint density at radius 3 is 0.893 bits per heavy atom. The molecular weight excluding hydrogens is 925 g/mol. The van der Waals surface area contributed by atoms with Gasteiger partial charge in [0, 0.05) is 19.3 Å². The van der Waals surface area contributed by atoms with E-state index in [1.807, 2.05) is 12.2 Å². The molecule has 0 N–H and O–H groups in total. The second kappa shape index (κ2) is 61.6. The van der Waals surface area contributed by atoms with Crippen LogP contribution in [0.5, 0.6) is 0 Å². The summed E-state index contributed by atoms with van der Waals surface area (Å²) in [5.74, 6) is -1.04. The van der Waals surface area contributed by atoms with Gasteiger partial charge in [0.25, 0.3) is 0 Å². The lowest BCUT2D eigenvalue weighted by Gasteiger charge is -2.18. The third kappa shape index (κ3) is 59.8. The highest BCUT2D eigenvalue weighted by Gasteiger charge is 2.19. The van der Waals surface area contributed by atoms with E-state index in [0.717, 1.165) is 141 Å². The van der Waals surface area contributed by atoms with Crippen molar-refractivity contribution >= 4 is 17.9 Å². The summed E-state index contributed by atoms with van der Waals surface area (Å²) in [5, 5.41) is 0. The summed E-state index contributed by atoms with van der Waals surface area (Å²) in [6.07, 6.45) is 89.6. The number of rotatable bonds is 52. The predicted molar refractivity (Wildman–Crippen MR) is 325 cm³/mol. The van der Waals surface area contributed by atoms with E-state index >= 15 is 0 Å². The molecule has 0 aliphatic heterocycles. The van der Waals surface area contributed by atoms with E-state index in [4.69, 9.17) is 14.2 Å². The molecule has 75 heavy (non-hydrogen) atoms. The summed E-state index contributed by atoms with van der Waals surface area (Å²) in [6, 6.07) is 0. The zero-order valence-corrected chi connectivity index (χ0v) is 48.0. The predicted octanol–water partition coefficient (Wildman–Crippen LogP) is 20.5. The van der Waals surface area contributed by atoms with Crippen LogP contribution in [-0.2, 0) is 28.6 Å². The topological polar surface area (TPSA) is 78.9 Å². The molecule has 1 atom stereocenters. The molecule has 0 aromatic rings. The van der Waals surface area contributed by atoms with E-state index in [9.17, 15) is 14.4 Å². The molecule has 0 radical (unpaired) electrons. The van der Waals surface area contributed by atoms with Gasteiger partial charge in [0.15, 0.2) is 6.10 Å². The van der Waals surface area contributed by atoms with E-state index in [0.29, 0.717) is 19.3 Å². The highest BCUT2D eigenvalue weighted by molar-refractivity contribution is 5.71. The maximum atomic E-state index is 12.9. The van der Waals surface area contributed by atoms with Gasteiger partial charge in [0.05, 0.1) is 0 Å². The third-order valence-electron chi connectivity index (χ3n) is 12.0. The van der Waals surface area contributed by atoms with Crippen LogP contribution in [0.1, 0.15) is 239 Å². The number of ether oxygens (including phenoxy) is 3. The van der Waals surface area contributed by atoms with Crippen molar-refractivity contribution in [1.29, 1.82) is 0 Å². The van der Waals surface area contributed by atoms with E-state index in [1.54, 1.807) is 0 Å². The number of allylic oxidation sites excluding steroid dienone is 26. The van der Waals surface area contributed by atoms with Crippen molar-refractivity contribution in [3.8, 4) is 0 Å². The molecule has 0 aliphatic rings. The van der Waals surface area contributed by atoms with Gasteiger partial charge >= 0.3 is 17.9 Å². The van der Waals surface area contributed by atoms with Crippen LogP contribution in [0.15, 0.2) is 158 Å². The summed E-state index contributed by atoms with van der Waals surface area (Å²) in [7, 11) is 0. The van der Waals surface area contributed by atoms with E-state index < -0.39 is 6.10 Å². The summed E-state index contributed by atoms with van der Waals surface area (Å²) in [4.78, 5) is 38.2. The molecule has 0 aliphatic carbocycles. The number of hydrogen-bond acceptors (Lipinski definition) is 6. The fourth-order valence-electron chi connectivity index (χ4n) is 7.58. The Kier molecular flexibility index (Phi) is 57.5. The van der Waals surface area contributed by atoms with Crippen LogP contribution in [-0.4, -0.2) is 37.2 Å². The molecule has 420 valence electrons. The average Bonchev–Trinajstić information content (AvgIpc) is 3.41. The van der Waals surface area contributed by atoms with Crippen LogP contribution in [0.4, 0.5) is 0 Å². The van der Waals surface area contributed by atoms with E-state index in [-0.39, 0.29) is 37.5 Å². The van der Waals surface area contributed by atoms with Crippen LogP contribution in [0, 0.1) is 0 Å². The van der Waals surface area contributed by atoms with Crippen molar-refractivity contribution in [3.05, 3.63) is 158 Å². The Balaban J connectivity index is 4.46. The smallest absolute Gasteiger partial charge is 0.306 e. The van der Waals surface area contributed by atoms with Gasteiger partial charge in [-0.2, -0.15) is 0 Å². The molecule has 0 fully saturated rings. The molecular formula is C69H108O6. The molecule has 0 heterocycles. The van der Waals surface area contributed by atoms with Gasteiger partial charge in [-0.05, 0) is 135 Å². The van der Waals surface area contributed by atoms with Crippen LogP contribution in [0.2, 0.25) is 0 Å². The highest BCUT2D eigenvalue weighted by Crippen LogP contribution is 2.13. The lowest BCUT2D eigenvalue weighted by molar-refractivity contribution is -0.166. The standard InChI is InChI=1S/C69H108O6/c1-4-7-10-13-16-19-22-25-27-29-30-31-32-33-34-35-36-37-38-40-41-44-47-50-53-56-59-62-68(71)74-65-66(64-73-67(70)61-58-55-52-49-46-43-24-21-18-15-12-9-6-3)75-69(72)63-60-57-54-51-48-45-42-39-28-26-23-20-17-14-11-8-5-2/h7,9-10,12,16-21,25-28,30-31,33-34,36-37,40-41,43,46,52,55,66H,4-6,8,11,13-15,22-24,29,32,35,38-39,42,44-45,47-51,53-54,56-65H2,1-3H3/b10-7-,12-9-,19-16-,20-17-,21-18-,27-25-,28-26-,31-30-,34-33-,37-36-,41-40-,46-43-,55-52-. The Bertz CT molecular complexity index is 1710. The average molecular weight is 1030 g/mol. The van der Waals surface area contributed by atoms with Crippen molar-refractivity contribution in [2.75, 3.05) is 13.2 Å². The number of carbonyl (C=O) groups is 3. The lowest BCUT2D eigenvalue weighted by Crippen LogP contribution is -2.30. The van der Waals surface area contributed by atoms with Crippen molar-refractivity contribution in [3.63, 3.8) is 0 Å². The van der Waals surface area contributed by atoms with Crippen molar-refractivity contribution < 1.29 is 28.6 Å². The zero-order valence-electron chi connectivity index (χ0n) is 48.0. The largest absolute Gasteiger partial charge is 0.462 e. The highest BCUT2D eigenvalue weighted by atomic mass is 16.6. The first-order valence-electron chi connectivity index (χ1n) is 30.0. The molecule has 0 saturated heterocycles. The molecule has 0 rings (SSSR count). The van der Waals surface area contributed by atoms with Gasteiger partial charge in [-0.25, -0.2) is 0 Å². The van der Waals surface area contributed by atoms with Crippen molar-refractivity contribution in [1.82, 2.24) is 0 Å². The lowest BCUT2D eigenvalue weighted by atomic mass is 10.1. The minimum Gasteiger partial charge on any atom is -0.462 e. The second-order valence-corrected chi connectivity index (χ2v) is 19.1. The van der Waals surface area contributed by atoms with E-state index in [1.165, 1.54) is 51.4 Å². The fraction of sp³-hybridized carbons (Fsp3) is 0.580. The third-order valence-corrected chi connectivity index (χ3v) is 12.0.